The van der Waals surface area contributed by atoms with Gasteiger partial charge in [-0.1, -0.05) is 42.5 Å². The van der Waals surface area contributed by atoms with E-state index in [1.807, 2.05) is 43.3 Å². The number of benzene rings is 3. The van der Waals surface area contributed by atoms with Crippen LogP contribution < -0.4 is 15.6 Å². The van der Waals surface area contributed by atoms with Crippen molar-refractivity contribution in [3.8, 4) is 5.75 Å². The Labute approximate surface area is 206 Å². The second kappa shape index (κ2) is 9.99. The van der Waals surface area contributed by atoms with Crippen LogP contribution in [0.4, 0.5) is 4.39 Å². The monoisotopic (exact) mass is 485 g/mol. The second-order valence-electron chi connectivity index (χ2n) is 8.26. The fraction of sp³-hybridized carbons (Fsp3) is 0.185. The summed E-state index contributed by atoms with van der Waals surface area (Å²) in [7, 11) is 0. The van der Waals surface area contributed by atoms with Gasteiger partial charge in [-0.05, 0) is 41.5 Å². The molecule has 5 rings (SSSR count). The molecule has 8 nitrogen and oxygen atoms in total. The smallest absolute Gasteiger partial charge is 0.264 e. The first-order valence-electron chi connectivity index (χ1n) is 11.6. The molecule has 0 saturated heterocycles. The van der Waals surface area contributed by atoms with Gasteiger partial charge in [-0.15, -0.1) is 0 Å². The van der Waals surface area contributed by atoms with Crippen molar-refractivity contribution in [2.75, 3.05) is 13.2 Å². The van der Waals surface area contributed by atoms with Crippen molar-refractivity contribution in [3.63, 3.8) is 0 Å². The lowest BCUT2D eigenvalue weighted by molar-refractivity contribution is 0.0950. The standard InChI is InChI=1S/C27H24FN5O3/c1-2-36-23-12-9-19-5-3-4-6-21(19)24(23)26(34)29-13-14-33-25-22(15-31-33)27(35)32(17-30-25)16-18-7-10-20(28)11-8-18/h3-12,15,17H,2,13-14,16H2,1H3,(H,29,34). The van der Waals surface area contributed by atoms with Crippen LogP contribution in [0.3, 0.4) is 0 Å². The van der Waals surface area contributed by atoms with Crippen LogP contribution in [0, 0.1) is 5.82 Å². The quantitative estimate of drug-likeness (QED) is 0.361. The number of carbonyl (C=O) groups is 1. The lowest BCUT2D eigenvalue weighted by atomic mass is 10.0. The van der Waals surface area contributed by atoms with E-state index in [9.17, 15) is 14.0 Å². The normalized spacial score (nSPS) is 11.2. The van der Waals surface area contributed by atoms with E-state index in [4.69, 9.17) is 4.74 Å². The summed E-state index contributed by atoms with van der Waals surface area (Å²) >= 11 is 0. The molecule has 3 aromatic carbocycles. The zero-order chi connectivity index (χ0) is 25.1. The van der Waals surface area contributed by atoms with E-state index in [2.05, 4.69) is 15.4 Å². The molecular formula is C27H24FN5O3. The van der Waals surface area contributed by atoms with E-state index in [0.717, 1.165) is 16.3 Å². The summed E-state index contributed by atoms with van der Waals surface area (Å²) in [6.45, 7) is 3.21. The number of hydrogen-bond acceptors (Lipinski definition) is 5. The van der Waals surface area contributed by atoms with E-state index in [0.29, 0.717) is 35.5 Å². The van der Waals surface area contributed by atoms with Gasteiger partial charge in [0, 0.05) is 6.54 Å². The highest BCUT2D eigenvalue weighted by atomic mass is 19.1. The molecule has 0 aliphatic rings. The van der Waals surface area contributed by atoms with Crippen molar-refractivity contribution in [3.05, 3.63) is 100 Å². The Morgan fingerprint density at radius 2 is 1.86 bits per heavy atom. The third-order valence-corrected chi connectivity index (χ3v) is 5.92. The fourth-order valence-corrected chi connectivity index (χ4v) is 4.19. The number of nitrogens with one attached hydrogen (secondary N) is 1. The lowest BCUT2D eigenvalue weighted by Crippen LogP contribution is -2.28. The minimum atomic E-state index is -0.331. The van der Waals surface area contributed by atoms with Crippen LogP contribution in [0.2, 0.25) is 0 Å². The van der Waals surface area contributed by atoms with Crippen LogP contribution in [-0.2, 0) is 13.1 Å². The molecule has 2 heterocycles. The maximum Gasteiger partial charge on any atom is 0.264 e. The molecule has 1 amide bonds. The van der Waals surface area contributed by atoms with E-state index in [-0.39, 0.29) is 30.4 Å². The molecule has 0 unspecified atom stereocenters. The lowest BCUT2D eigenvalue weighted by Gasteiger charge is -2.13. The Morgan fingerprint density at radius 3 is 2.67 bits per heavy atom. The summed E-state index contributed by atoms with van der Waals surface area (Å²) in [5, 5.41) is 9.37. The molecule has 0 aliphatic heterocycles. The van der Waals surface area contributed by atoms with E-state index >= 15 is 0 Å². The zero-order valence-corrected chi connectivity index (χ0v) is 19.6. The van der Waals surface area contributed by atoms with Gasteiger partial charge in [-0.2, -0.15) is 5.10 Å². The maximum absolute atomic E-state index is 13.2. The Morgan fingerprint density at radius 1 is 1.06 bits per heavy atom. The number of rotatable bonds is 8. The van der Waals surface area contributed by atoms with Gasteiger partial charge in [-0.25, -0.2) is 14.1 Å². The number of carbonyl (C=O) groups excluding carboxylic acids is 1. The number of amides is 1. The first kappa shape index (κ1) is 23.2. The van der Waals surface area contributed by atoms with Crippen LogP contribution >= 0.6 is 0 Å². The topological polar surface area (TPSA) is 91.0 Å². The molecule has 182 valence electrons. The summed E-state index contributed by atoms with van der Waals surface area (Å²) in [4.78, 5) is 30.4. The van der Waals surface area contributed by atoms with Crippen LogP contribution in [0.15, 0.2) is 78.0 Å². The van der Waals surface area contributed by atoms with Crippen molar-refractivity contribution >= 4 is 27.7 Å². The van der Waals surface area contributed by atoms with E-state index in [1.165, 1.54) is 29.2 Å². The van der Waals surface area contributed by atoms with Gasteiger partial charge in [0.2, 0.25) is 0 Å². The number of ether oxygens (including phenoxy) is 1. The molecule has 0 saturated carbocycles. The minimum absolute atomic E-state index is 0.239. The molecular weight excluding hydrogens is 461 g/mol. The minimum Gasteiger partial charge on any atom is -0.493 e. The van der Waals surface area contributed by atoms with Crippen molar-refractivity contribution in [2.45, 2.75) is 20.0 Å². The van der Waals surface area contributed by atoms with Gasteiger partial charge in [0.15, 0.2) is 5.65 Å². The highest BCUT2D eigenvalue weighted by Crippen LogP contribution is 2.28. The van der Waals surface area contributed by atoms with Crippen molar-refractivity contribution in [1.82, 2.24) is 24.6 Å². The van der Waals surface area contributed by atoms with E-state index < -0.39 is 0 Å². The molecule has 2 aromatic heterocycles. The molecule has 36 heavy (non-hydrogen) atoms. The van der Waals surface area contributed by atoms with Crippen LogP contribution in [0.25, 0.3) is 21.8 Å². The summed E-state index contributed by atoms with van der Waals surface area (Å²) in [6, 6.07) is 17.4. The van der Waals surface area contributed by atoms with Gasteiger partial charge < -0.3 is 10.1 Å². The number of nitrogens with zero attached hydrogens (tertiary/aromatic N) is 4. The summed E-state index contributed by atoms with van der Waals surface area (Å²) < 4.78 is 21.9. The van der Waals surface area contributed by atoms with Crippen LogP contribution in [-0.4, -0.2) is 38.4 Å². The molecule has 5 aromatic rings. The highest BCUT2D eigenvalue weighted by molar-refractivity contribution is 6.09. The van der Waals surface area contributed by atoms with Gasteiger partial charge in [0.05, 0.1) is 31.5 Å². The molecule has 1 N–H and O–H groups in total. The first-order chi connectivity index (χ1) is 17.5. The first-order valence-corrected chi connectivity index (χ1v) is 11.6. The molecule has 9 heteroatoms. The van der Waals surface area contributed by atoms with Crippen LogP contribution in [0.1, 0.15) is 22.8 Å². The van der Waals surface area contributed by atoms with Gasteiger partial charge in [0.1, 0.15) is 23.3 Å². The average Bonchev–Trinajstić information content (AvgIpc) is 3.30. The maximum atomic E-state index is 13.2. The summed E-state index contributed by atoms with van der Waals surface area (Å²) in [5.41, 5.74) is 1.47. The SMILES string of the molecule is CCOc1ccc2ccccc2c1C(=O)NCCn1ncc2c(=O)n(Cc3ccc(F)cc3)cnc21. The second-order valence-corrected chi connectivity index (χ2v) is 8.26. The van der Waals surface area contributed by atoms with Crippen LogP contribution in [0.5, 0.6) is 5.75 Å². The average molecular weight is 486 g/mol. The van der Waals surface area contributed by atoms with Crippen molar-refractivity contribution in [2.24, 2.45) is 0 Å². The number of aromatic nitrogens is 4. The largest absolute Gasteiger partial charge is 0.493 e. The Bertz CT molecular complexity index is 1610. The molecule has 0 fully saturated rings. The number of hydrogen-bond donors (Lipinski definition) is 1. The predicted molar refractivity (Wildman–Crippen MR) is 135 cm³/mol. The van der Waals surface area contributed by atoms with E-state index in [1.54, 1.807) is 16.8 Å². The molecule has 0 radical (unpaired) electrons. The highest BCUT2D eigenvalue weighted by Gasteiger charge is 2.17. The van der Waals surface area contributed by atoms with Crippen molar-refractivity contribution in [1.29, 1.82) is 0 Å². The Kier molecular flexibility index (Phi) is 6.44. The zero-order valence-electron chi connectivity index (χ0n) is 19.6. The molecule has 0 bridgehead atoms. The number of fused-ring (bicyclic) bond motifs is 2. The van der Waals surface area contributed by atoms with Crippen molar-refractivity contribution < 1.29 is 13.9 Å². The summed E-state index contributed by atoms with van der Waals surface area (Å²) in [6.07, 6.45) is 2.93. The van der Waals surface area contributed by atoms with Gasteiger partial charge >= 0.3 is 0 Å². The Hall–Kier alpha value is -4.53. The third kappa shape index (κ3) is 4.55. The molecule has 0 aliphatic carbocycles. The fourth-order valence-electron chi connectivity index (χ4n) is 4.19. The Balaban J connectivity index is 1.32. The summed E-state index contributed by atoms with van der Waals surface area (Å²) in [5.74, 6) is -0.0504. The molecule has 0 atom stereocenters. The predicted octanol–water partition coefficient (Wildman–Crippen LogP) is 3.76. The third-order valence-electron chi connectivity index (χ3n) is 5.92. The molecule has 0 spiro atoms. The number of halogens is 1. The van der Waals surface area contributed by atoms with Gasteiger partial charge in [0.25, 0.3) is 11.5 Å². The van der Waals surface area contributed by atoms with Gasteiger partial charge in [-0.3, -0.25) is 14.2 Å².